The van der Waals surface area contributed by atoms with E-state index in [1.165, 1.54) is 97.1 Å². The smallest absolute Gasteiger partial charge is 0.231 e. The van der Waals surface area contributed by atoms with Gasteiger partial charge in [-0.3, -0.25) is 0 Å². The second-order valence-electron chi connectivity index (χ2n) is 31.0. The van der Waals surface area contributed by atoms with Crippen LogP contribution < -0.4 is 117 Å². The van der Waals surface area contributed by atoms with Gasteiger partial charge in [0.05, 0.1) is 83.3 Å². The van der Waals surface area contributed by atoms with Gasteiger partial charge in [-0.15, -0.1) is 0 Å². The molecule has 0 aliphatic carbocycles. The summed E-state index contributed by atoms with van der Waals surface area (Å²) < 4.78 is 688. The molecular formula is C114H120F6N6O18. The molecule has 12 aliphatic heterocycles. The zero-order valence-electron chi connectivity index (χ0n) is 137. The fourth-order valence-electron chi connectivity index (χ4n) is 14.6. The Hall–Kier alpha value is -13.6. The van der Waals surface area contributed by atoms with Crippen molar-refractivity contribution < 1.29 is 198 Å². The molecule has 756 valence electrons. The van der Waals surface area contributed by atoms with E-state index < -0.39 is 456 Å². The van der Waals surface area contributed by atoms with Crippen molar-refractivity contribution in [2.45, 2.75) is 73.9 Å². The number of benzene rings is 12. The maximum atomic E-state index is 14.2. The molecule has 12 aromatic rings. The Labute approximate surface area is 922 Å². The molecule has 6 fully saturated rings. The maximum absolute atomic E-state index is 14.2. The summed E-state index contributed by atoms with van der Waals surface area (Å²) in [7, 11) is 0. The average Bonchev–Trinajstić information content (AvgIpc) is 1.03. The molecule has 24 rings (SSSR count). The van der Waals surface area contributed by atoms with Crippen molar-refractivity contribution in [1.82, 2.24) is 31.9 Å². The number of halogens is 6. The van der Waals surface area contributed by atoms with Crippen molar-refractivity contribution >= 4 is 0 Å². The van der Waals surface area contributed by atoms with Crippen LogP contribution in [0.5, 0.6) is 103 Å². The van der Waals surface area contributed by atoms with Crippen LogP contribution in [-0.2, 0) is 0 Å². The van der Waals surface area contributed by atoms with Crippen LogP contribution in [0.2, 0.25) is 0 Å². The zero-order chi connectivity index (χ0) is 154. The Morgan fingerprint density at radius 1 is 0.243 bits per heavy atom. The maximum Gasteiger partial charge on any atom is 0.231 e. The summed E-state index contributed by atoms with van der Waals surface area (Å²) in [6.45, 7) is -42.3. The summed E-state index contributed by atoms with van der Waals surface area (Å²) in [5.41, 5.74) is -3.25. The minimum atomic E-state index is -3.15. The number of rotatable bonds is 24. The Morgan fingerprint density at radius 2 is 0.486 bits per heavy atom. The molecule has 12 heterocycles. The van der Waals surface area contributed by atoms with Crippen molar-refractivity contribution in [3.63, 3.8) is 0 Å². The highest BCUT2D eigenvalue weighted by Gasteiger charge is 2.35. The lowest BCUT2D eigenvalue weighted by molar-refractivity contribution is 0.173. The highest BCUT2D eigenvalue weighted by molar-refractivity contribution is 5.52. The van der Waals surface area contributed by atoms with E-state index in [9.17, 15) is 26.3 Å². The molecule has 144 heavy (non-hydrogen) atoms. The van der Waals surface area contributed by atoms with E-state index in [1.807, 2.05) is 0 Å². The lowest BCUT2D eigenvalue weighted by atomic mass is 9.81. The SMILES string of the molecule is [2H]c1c([2H])c([C@@H]2CC([2H])([2H])NCC2([2H])C([2H])([2H])Oc2ccc3c(c2)OC([2H])([2H])O3)c([2H])c([2H])c1F.[2H]c1c([2H])c([C@@H]2CC([2H])([2H])NCC2C([2H])([2H])Oc2ccc3c(c2)OC([2H])([2H])O3)c([2H])c([2H])c1F.[2H]c1c([2H])c([C@]2([2H])CC([2H])([2H])NCC2([2H])C([2H])([2H])Oc2ccc3c(c2)OC([2H])([2H])O3)c([2H])c([2H])c1F.[2H]c1c([2H])c([C@]2([2H])CC([2H])([2H])NCC2([2H])COc2ccc3c(c2)OC([2H])([2H])O3)c([2H])c([2H])c1F.[2H]c1c([2H])c([C@]2([2H])CC([2H])([2H])NCC2C([2H])([2H])Oc2ccc3c(c2)OC([2H])([2H])O3)c([2H])c([2H])c1F.[2H]c1c([2H])c([C@]2([2H])CC([2H])([2H])NCC2COc2ccc3c(c2)OC([2H])([2H])O3)c([2H])c([2H])c1F. The molecule has 0 amide bonds. The predicted octanol–water partition coefficient (Wildman–Crippen LogP) is 20.0. The van der Waals surface area contributed by atoms with Crippen LogP contribution in [0.3, 0.4) is 0 Å². The van der Waals surface area contributed by atoms with Crippen LogP contribution in [0.1, 0.15) is 194 Å². The first-order valence-electron chi connectivity index (χ1n) is 75.0. The van der Waals surface area contributed by atoms with Crippen LogP contribution in [0.15, 0.2) is 254 Å². The standard InChI is InChI=1S/6C19H20FNO3/c6*20-15-3-1-13(2-4-15)17-7-8-21-10-14(17)11-22-16-5-6-18-19(9-16)24-12-23-18/h6*1-6,9,14,17,21H,7-8,10-12H2/t6*14?,17-/m000000/s1/i1D,2D,3D,4D,8D2,11D2,12D2,14D,17D;1D,2D,3D,4D,8D2,12D2,14D,17D;1D,2D,3D,4D,8D2,11D2,12D2,17D;1D,2D,3D,4D,8D2,11D2,12D2,14D;1D,2D,3D,4D,8D2,12D2,17D;1D,2D,3D,4D,8D2,11D2,12D2. The summed E-state index contributed by atoms with van der Waals surface area (Å²) >= 11 is 0. The number of fused-ring (bicyclic) bond motifs is 6. The average molecular weight is 2040 g/mol. The first kappa shape index (κ1) is 48.8. The molecule has 6 saturated heterocycles. The third-order valence-electron chi connectivity index (χ3n) is 21.9. The van der Waals surface area contributed by atoms with Crippen molar-refractivity contribution in [3.8, 4) is 103 Å². The van der Waals surface area contributed by atoms with Gasteiger partial charge in [0.25, 0.3) is 0 Å². The summed E-state index contributed by atoms with van der Waals surface area (Å²) in [4.78, 5) is 0. The Bertz CT molecular complexity index is 9690. The van der Waals surface area contributed by atoms with Gasteiger partial charge in [-0.1, -0.05) is 72.5 Å². The van der Waals surface area contributed by atoms with Crippen molar-refractivity contribution in [1.29, 1.82) is 0 Å². The molecule has 0 saturated carbocycles. The van der Waals surface area contributed by atoms with Gasteiger partial charge in [0.2, 0.25) is 40.5 Å². The predicted molar refractivity (Wildman–Crippen MR) is 529 cm³/mol. The summed E-state index contributed by atoms with van der Waals surface area (Å²) in [6, 6.07) is 1.19. The van der Waals surface area contributed by atoms with E-state index in [1.54, 1.807) is 0 Å². The van der Waals surface area contributed by atoms with Crippen LogP contribution in [0.4, 0.5) is 26.3 Å². The van der Waals surface area contributed by atoms with Crippen LogP contribution in [0, 0.1) is 70.3 Å². The van der Waals surface area contributed by atoms with Crippen LogP contribution in [-0.4, -0.2) is 158 Å². The first-order valence-corrected chi connectivity index (χ1v) is 43.5. The molecule has 12 aromatic carbocycles. The first-order chi connectivity index (χ1) is 94.7. The minimum Gasteiger partial charge on any atom is -0.493 e. The molecule has 24 nitrogen and oxygen atoms in total. The summed E-state index contributed by atoms with van der Waals surface area (Å²) in [6.07, 6.45) is -4.05. The van der Waals surface area contributed by atoms with E-state index in [0.717, 1.165) is 12.1 Å². The fourth-order valence-corrected chi connectivity index (χ4v) is 14.6. The molecule has 12 atom stereocenters. The molecule has 6 N–H and O–H groups in total. The molecule has 0 aromatic heterocycles. The highest BCUT2D eigenvalue weighted by Crippen LogP contribution is 2.45. The van der Waals surface area contributed by atoms with E-state index >= 15 is 0 Å². The second-order valence-corrected chi connectivity index (χ2v) is 31.0. The molecule has 0 spiro atoms. The normalized spacial score (nSPS) is 36.9. The topological polar surface area (TPSA) is 238 Å². The van der Waals surface area contributed by atoms with Crippen molar-refractivity contribution in [2.75, 3.05) is 158 Å². The molecule has 30 heteroatoms. The molecular weight excluding hydrogens is 1860 g/mol. The number of piperidine rings is 6. The number of ether oxygens (including phenoxy) is 18. The third-order valence-corrected chi connectivity index (χ3v) is 21.9. The van der Waals surface area contributed by atoms with E-state index in [4.69, 9.17) is 172 Å². The highest BCUT2D eigenvalue weighted by atomic mass is 19.1. The molecule has 0 radical (unpaired) electrons. The van der Waals surface area contributed by atoms with Gasteiger partial charge < -0.3 is 117 Å². The Balaban J connectivity index is 0.000000147. The number of hydrogen-bond donors (Lipinski definition) is 6. The van der Waals surface area contributed by atoms with Crippen molar-refractivity contribution in [2.24, 2.45) is 35.4 Å². The van der Waals surface area contributed by atoms with Gasteiger partial charge in [-0.05, 0) is 292 Å². The number of hydrogen-bond acceptors (Lipinski definition) is 24. The quantitative estimate of drug-likeness (QED) is 0.0308. The van der Waals surface area contributed by atoms with Crippen LogP contribution >= 0.6 is 0 Å². The van der Waals surface area contributed by atoms with E-state index in [-0.39, 0.29) is 129 Å². The Morgan fingerprint density at radius 3 is 0.861 bits per heavy atom. The zero-order valence-corrected chi connectivity index (χ0v) is 74.3. The summed E-state index contributed by atoms with van der Waals surface area (Å²) in [5, 5.41) is 14.9. The monoisotopic (exact) mass is 2040 g/mol. The molecule has 12 aliphatic rings. The minimum absolute atomic E-state index is 0.00539. The molecule has 0 bridgehead atoms. The van der Waals surface area contributed by atoms with Gasteiger partial charge in [-0.25, -0.2) is 26.3 Å². The second kappa shape index (κ2) is 49.1. The lowest BCUT2D eigenvalue weighted by Crippen LogP contribution is -2.38. The van der Waals surface area contributed by atoms with Crippen LogP contribution in [0.25, 0.3) is 0 Å². The van der Waals surface area contributed by atoms with Gasteiger partial charge in [0.15, 0.2) is 69.0 Å². The lowest BCUT2D eigenvalue weighted by Gasteiger charge is -2.32. The Kier molecular flexibility index (Phi) is 16.7. The largest absolute Gasteiger partial charge is 0.493 e. The van der Waals surface area contributed by atoms with E-state index in [0.29, 0.717) is 0 Å². The fraction of sp³-hybridized carbons (Fsp3) is 0.368. The summed E-state index contributed by atoms with van der Waals surface area (Å²) in [5.74, 6) is -31.4. The van der Waals surface area contributed by atoms with Gasteiger partial charge in [0.1, 0.15) is 85.8 Å². The third kappa shape index (κ3) is 26.5. The van der Waals surface area contributed by atoms with E-state index in [2.05, 4.69) is 31.9 Å². The van der Waals surface area contributed by atoms with Gasteiger partial charge in [0, 0.05) is 137 Å². The van der Waals surface area contributed by atoms with Gasteiger partial charge >= 0.3 is 0 Å². The number of nitrogens with one attached hydrogen (secondary N) is 6. The molecule has 6 unspecified atom stereocenters. The van der Waals surface area contributed by atoms with Crippen molar-refractivity contribution in [3.05, 3.63) is 322 Å². The van der Waals surface area contributed by atoms with Gasteiger partial charge in [-0.2, -0.15) is 0 Å².